The Morgan fingerprint density at radius 3 is 2.61 bits per heavy atom. The van der Waals surface area contributed by atoms with Crippen LogP contribution in [-0.4, -0.2) is 48.0 Å². The number of para-hydroxylation sites is 1. The summed E-state index contributed by atoms with van der Waals surface area (Å²) in [5.74, 6) is 0.596. The molecule has 28 heavy (non-hydrogen) atoms. The summed E-state index contributed by atoms with van der Waals surface area (Å²) in [6.45, 7) is 2.20. The number of hydrogen-bond acceptors (Lipinski definition) is 5. The van der Waals surface area contributed by atoms with Crippen LogP contribution in [0.15, 0.2) is 36.4 Å². The van der Waals surface area contributed by atoms with Crippen LogP contribution in [0, 0.1) is 0 Å². The number of piperidine rings is 1. The van der Waals surface area contributed by atoms with Gasteiger partial charge < -0.3 is 21.1 Å². The zero-order valence-electron chi connectivity index (χ0n) is 16.0. The number of carbonyl (C=O) groups is 1. The molecule has 1 aromatic heterocycles. The molecule has 1 fully saturated rings. The van der Waals surface area contributed by atoms with Crippen LogP contribution in [0.5, 0.6) is 0 Å². The summed E-state index contributed by atoms with van der Waals surface area (Å²) in [7, 11) is 1.61. The number of ether oxygens (including phenoxy) is 1. The molecule has 7 nitrogen and oxygen atoms in total. The fraction of sp³-hybridized carbons (Fsp3) is 0.474. The van der Waals surface area contributed by atoms with Crippen LogP contribution in [0.25, 0.3) is 5.69 Å². The molecule has 0 radical (unpaired) electrons. The van der Waals surface area contributed by atoms with Gasteiger partial charge in [0, 0.05) is 19.7 Å². The molecule has 2 heterocycles. The van der Waals surface area contributed by atoms with Gasteiger partial charge in [-0.1, -0.05) is 18.2 Å². The van der Waals surface area contributed by atoms with E-state index >= 15 is 0 Å². The number of methoxy groups -OCH3 is 1. The Morgan fingerprint density at radius 1 is 1.29 bits per heavy atom. The first-order chi connectivity index (χ1) is 12.6. The van der Waals surface area contributed by atoms with E-state index in [1.54, 1.807) is 11.8 Å². The summed E-state index contributed by atoms with van der Waals surface area (Å²) in [5.41, 5.74) is 7.24. The first-order valence-corrected chi connectivity index (χ1v) is 9.09. The van der Waals surface area contributed by atoms with Gasteiger partial charge in [-0.05, 0) is 50.9 Å². The van der Waals surface area contributed by atoms with Crippen LogP contribution in [0.2, 0.25) is 0 Å². The highest BCUT2D eigenvalue weighted by Crippen LogP contribution is 2.22. The number of nitrogen functional groups attached to an aromatic ring is 1. The molecule has 1 aliphatic heterocycles. The first-order valence-electron chi connectivity index (χ1n) is 9.09. The van der Waals surface area contributed by atoms with Crippen molar-refractivity contribution >= 4 is 36.5 Å². The normalized spacial score (nSPS) is 15.2. The third-order valence-corrected chi connectivity index (χ3v) is 4.90. The zero-order valence-corrected chi connectivity index (χ0v) is 17.7. The molecule has 0 aliphatic carbocycles. The van der Waals surface area contributed by atoms with Gasteiger partial charge in [-0.3, -0.25) is 4.79 Å². The number of carbonyl (C=O) groups excluding carboxylic acids is 1. The molecule has 156 valence electrons. The largest absolute Gasteiger partial charge is 0.384 e. The molecule has 0 saturated carbocycles. The minimum atomic E-state index is -0.690. The molecule has 3 rings (SSSR count). The first kappa shape index (κ1) is 24.2. The van der Waals surface area contributed by atoms with Crippen molar-refractivity contribution in [3.05, 3.63) is 42.1 Å². The van der Waals surface area contributed by atoms with Gasteiger partial charge in [-0.25, -0.2) is 4.68 Å². The molecule has 0 atom stereocenters. The molecule has 1 saturated heterocycles. The predicted molar refractivity (Wildman–Crippen MR) is 116 cm³/mol. The molecule has 0 spiro atoms. The second kappa shape index (κ2) is 11.3. The Bertz CT molecular complexity index is 733. The summed E-state index contributed by atoms with van der Waals surface area (Å²) in [4.78, 5) is 12.5. The van der Waals surface area contributed by atoms with Gasteiger partial charge in [0.15, 0.2) is 0 Å². The van der Waals surface area contributed by atoms with Gasteiger partial charge in [0.2, 0.25) is 0 Å². The smallest absolute Gasteiger partial charge is 0.252 e. The molecular formula is C19H29Cl2N5O2. The van der Waals surface area contributed by atoms with Crippen molar-refractivity contribution in [2.45, 2.75) is 31.3 Å². The van der Waals surface area contributed by atoms with Crippen LogP contribution in [0.3, 0.4) is 0 Å². The van der Waals surface area contributed by atoms with Gasteiger partial charge in [-0.15, -0.1) is 24.8 Å². The molecule has 0 bridgehead atoms. The van der Waals surface area contributed by atoms with Crippen molar-refractivity contribution in [1.82, 2.24) is 20.4 Å². The van der Waals surface area contributed by atoms with Gasteiger partial charge in [0.25, 0.3) is 5.91 Å². The van der Waals surface area contributed by atoms with E-state index in [2.05, 4.69) is 15.7 Å². The Kier molecular flexibility index (Phi) is 9.75. The van der Waals surface area contributed by atoms with Gasteiger partial charge in [0.1, 0.15) is 11.4 Å². The van der Waals surface area contributed by atoms with E-state index in [-0.39, 0.29) is 30.7 Å². The maximum Gasteiger partial charge on any atom is 0.252 e. The lowest BCUT2D eigenvalue weighted by Crippen LogP contribution is -2.54. The third kappa shape index (κ3) is 5.61. The SMILES string of the molecule is COC1(C(=O)NCCCc2cc(N)n(-c3ccccc3)n2)CCNCC1.Cl.Cl. The number of aromatic nitrogens is 2. The Balaban J connectivity index is 0.00000196. The minimum absolute atomic E-state index is 0. The highest BCUT2D eigenvalue weighted by molar-refractivity contribution is 5.86. The molecule has 0 unspecified atom stereocenters. The Hall–Kier alpha value is -1.80. The highest BCUT2D eigenvalue weighted by Gasteiger charge is 2.39. The van der Waals surface area contributed by atoms with Crippen LogP contribution in [0.4, 0.5) is 5.82 Å². The number of halogens is 2. The number of rotatable bonds is 7. The molecule has 1 aromatic carbocycles. The number of nitrogens with zero attached hydrogens (tertiary/aromatic N) is 2. The Labute approximate surface area is 178 Å². The number of benzene rings is 1. The number of anilines is 1. The average molecular weight is 430 g/mol. The van der Waals surface area contributed by atoms with E-state index in [0.29, 0.717) is 25.2 Å². The lowest BCUT2D eigenvalue weighted by Gasteiger charge is -2.34. The molecule has 1 amide bonds. The second-order valence-corrected chi connectivity index (χ2v) is 6.62. The fourth-order valence-electron chi connectivity index (χ4n) is 3.33. The van der Waals surface area contributed by atoms with E-state index in [0.717, 1.165) is 37.3 Å². The summed E-state index contributed by atoms with van der Waals surface area (Å²) >= 11 is 0. The summed E-state index contributed by atoms with van der Waals surface area (Å²) < 4.78 is 7.28. The lowest BCUT2D eigenvalue weighted by atomic mass is 9.91. The van der Waals surface area contributed by atoms with Crippen molar-refractivity contribution in [1.29, 1.82) is 0 Å². The number of hydrogen-bond donors (Lipinski definition) is 3. The van der Waals surface area contributed by atoms with Gasteiger partial charge >= 0.3 is 0 Å². The average Bonchev–Trinajstić information content (AvgIpc) is 3.06. The highest BCUT2D eigenvalue weighted by atomic mass is 35.5. The standard InChI is InChI=1S/C19H27N5O2.2ClH/c1-26-19(9-12-21-13-10-19)18(25)22-11-5-6-15-14-17(20)24(23-15)16-7-3-2-4-8-16;;/h2-4,7-8,14,21H,5-6,9-13,20H2,1H3,(H,22,25);2*1H. The third-order valence-electron chi connectivity index (χ3n) is 4.90. The second-order valence-electron chi connectivity index (χ2n) is 6.62. The van der Waals surface area contributed by atoms with Gasteiger partial charge in [0.05, 0.1) is 11.4 Å². The van der Waals surface area contributed by atoms with Crippen molar-refractivity contribution in [2.75, 3.05) is 32.5 Å². The van der Waals surface area contributed by atoms with Crippen molar-refractivity contribution in [2.24, 2.45) is 0 Å². The van der Waals surface area contributed by atoms with Crippen LogP contribution in [-0.2, 0) is 16.0 Å². The van der Waals surface area contributed by atoms with E-state index in [1.807, 2.05) is 36.4 Å². The maximum absolute atomic E-state index is 12.5. The van der Waals surface area contributed by atoms with Crippen molar-refractivity contribution in [3.8, 4) is 5.69 Å². The number of nitrogens with one attached hydrogen (secondary N) is 2. The van der Waals surface area contributed by atoms with Crippen molar-refractivity contribution < 1.29 is 9.53 Å². The maximum atomic E-state index is 12.5. The fourth-order valence-corrected chi connectivity index (χ4v) is 3.33. The molecule has 2 aromatic rings. The molecule has 4 N–H and O–H groups in total. The predicted octanol–water partition coefficient (Wildman–Crippen LogP) is 2.12. The summed E-state index contributed by atoms with van der Waals surface area (Å²) in [5, 5.41) is 10.8. The summed E-state index contributed by atoms with van der Waals surface area (Å²) in [6, 6.07) is 11.7. The topological polar surface area (TPSA) is 94.2 Å². The van der Waals surface area contributed by atoms with Crippen LogP contribution >= 0.6 is 24.8 Å². The van der Waals surface area contributed by atoms with E-state index in [9.17, 15) is 4.79 Å². The molecule has 1 aliphatic rings. The number of nitrogens with two attached hydrogens (primary N) is 1. The zero-order chi connectivity index (χ0) is 18.4. The monoisotopic (exact) mass is 429 g/mol. The number of amides is 1. The lowest BCUT2D eigenvalue weighted by molar-refractivity contribution is -0.146. The van der Waals surface area contributed by atoms with Crippen LogP contribution in [0.1, 0.15) is 25.0 Å². The quantitative estimate of drug-likeness (QED) is 0.585. The minimum Gasteiger partial charge on any atom is -0.384 e. The van der Waals surface area contributed by atoms with E-state index in [4.69, 9.17) is 10.5 Å². The summed E-state index contributed by atoms with van der Waals surface area (Å²) in [6.07, 6.45) is 2.96. The van der Waals surface area contributed by atoms with Crippen molar-refractivity contribution in [3.63, 3.8) is 0 Å². The Morgan fingerprint density at radius 2 is 1.96 bits per heavy atom. The molecule has 9 heteroatoms. The molecular weight excluding hydrogens is 401 g/mol. The number of aryl methyl sites for hydroxylation is 1. The van der Waals surface area contributed by atoms with Gasteiger partial charge in [-0.2, -0.15) is 5.10 Å². The van der Waals surface area contributed by atoms with Crippen LogP contribution < -0.4 is 16.4 Å². The van der Waals surface area contributed by atoms with E-state index < -0.39 is 5.60 Å². The van der Waals surface area contributed by atoms with E-state index in [1.165, 1.54) is 0 Å².